The molecule has 0 spiro atoms. The second kappa shape index (κ2) is 7.28. The third-order valence-electron chi connectivity index (χ3n) is 3.93. The summed E-state index contributed by atoms with van der Waals surface area (Å²) in [6.07, 6.45) is 3.91. The SMILES string of the molecule is N#Cc1cnc(N2CCCN(C(=O)c3cccc(Cl)c3)CC2)cn1. The molecular weight excluding hydrogens is 326 g/mol. The highest BCUT2D eigenvalue weighted by Crippen LogP contribution is 2.16. The molecule has 2 aromatic rings. The van der Waals surface area contributed by atoms with Crippen LogP contribution in [0.4, 0.5) is 5.82 Å². The Balaban J connectivity index is 1.68. The summed E-state index contributed by atoms with van der Waals surface area (Å²) in [4.78, 5) is 24.9. The normalized spacial score (nSPS) is 14.8. The van der Waals surface area contributed by atoms with E-state index >= 15 is 0 Å². The van der Waals surface area contributed by atoms with Crippen molar-refractivity contribution in [2.45, 2.75) is 6.42 Å². The van der Waals surface area contributed by atoms with E-state index in [4.69, 9.17) is 16.9 Å². The van der Waals surface area contributed by atoms with Gasteiger partial charge < -0.3 is 9.80 Å². The minimum atomic E-state index is -0.00902. The number of carbonyl (C=O) groups is 1. The van der Waals surface area contributed by atoms with Crippen LogP contribution in [0, 0.1) is 11.3 Å². The van der Waals surface area contributed by atoms with Gasteiger partial charge in [-0.2, -0.15) is 5.26 Å². The number of carbonyl (C=O) groups excluding carboxylic acids is 1. The number of nitrogens with zero attached hydrogens (tertiary/aromatic N) is 5. The molecule has 0 aliphatic carbocycles. The number of rotatable bonds is 2. The molecule has 0 radical (unpaired) electrons. The second-order valence-electron chi connectivity index (χ2n) is 5.51. The maximum absolute atomic E-state index is 12.6. The van der Waals surface area contributed by atoms with Gasteiger partial charge in [-0.05, 0) is 24.6 Å². The molecule has 0 unspecified atom stereocenters. The first-order valence-electron chi connectivity index (χ1n) is 7.69. The molecule has 0 bridgehead atoms. The summed E-state index contributed by atoms with van der Waals surface area (Å²) in [5.74, 6) is 0.719. The van der Waals surface area contributed by atoms with Gasteiger partial charge in [0.15, 0.2) is 5.69 Å². The zero-order valence-electron chi connectivity index (χ0n) is 13.0. The highest BCUT2D eigenvalue weighted by molar-refractivity contribution is 6.30. The van der Waals surface area contributed by atoms with Gasteiger partial charge in [-0.15, -0.1) is 0 Å². The van der Waals surface area contributed by atoms with Crippen molar-refractivity contribution >= 4 is 23.3 Å². The van der Waals surface area contributed by atoms with E-state index in [9.17, 15) is 4.79 Å². The fourth-order valence-corrected chi connectivity index (χ4v) is 2.89. The fourth-order valence-electron chi connectivity index (χ4n) is 2.70. The summed E-state index contributed by atoms with van der Waals surface area (Å²) in [6.45, 7) is 2.76. The maximum atomic E-state index is 12.6. The van der Waals surface area contributed by atoms with Crippen molar-refractivity contribution in [3.05, 3.63) is 52.9 Å². The Morgan fingerprint density at radius 1 is 1.17 bits per heavy atom. The van der Waals surface area contributed by atoms with Crippen LogP contribution in [-0.4, -0.2) is 47.0 Å². The molecule has 7 heteroatoms. The Labute approximate surface area is 145 Å². The van der Waals surface area contributed by atoms with E-state index in [2.05, 4.69) is 14.9 Å². The maximum Gasteiger partial charge on any atom is 0.253 e. The van der Waals surface area contributed by atoms with Gasteiger partial charge >= 0.3 is 0 Å². The van der Waals surface area contributed by atoms with Crippen molar-refractivity contribution in [1.82, 2.24) is 14.9 Å². The molecule has 6 nitrogen and oxygen atoms in total. The second-order valence-corrected chi connectivity index (χ2v) is 5.95. The monoisotopic (exact) mass is 341 g/mol. The molecule has 1 fully saturated rings. The van der Waals surface area contributed by atoms with Crippen molar-refractivity contribution < 1.29 is 4.79 Å². The first kappa shape index (κ1) is 16.2. The predicted octanol–water partition coefficient (Wildman–Crippen LogP) is 2.35. The van der Waals surface area contributed by atoms with E-state index in [1.807, 2.05) is 11.0 Å². The molecule has 1 aromatic carbocycles. The van der Waals surface area contributed by atoms with Crippen LogP contribution in [0.15, 0.2) is 36.7 Å². The minimum Gasteiger partial charge on any atom is -0.354 e. The highest BCUT2D eigenvalue weighted by atomic mass is 35.5. The Hall–Kier alpha value is -2.65. The summed E-state index contributed by atoms with van der Waals surface area (Å²) in [5.41, 5.74) is 0.903. The summed E-state index contributed by atoms with van der Waals surface area (Å²) in [5, 5.41) is 9.35. The number of hydrogen-bond donors (Lipinski definition) is 0. The van der Waals surface area contributed by atoms with Gasteiger partial charge in [0.05, 0.1) is 12.4 Å². The summed E-state index contributed by atoms with van der Waals surface area (Å²) in [6, 6.07) is 8.97. The average molecular weight is 342 g/mol. The molecule has 1 aliphatic rings. The van der Waals surface area contributed by atoms with Gasteiger partial charge in [0.2, 0.25) is 0 Å². The van der Waals surface area contributed by atoms with Crippen LogP contribution in [0.25, 0.3) is 0 Å². The lowest BCUT2D eigenvalue weighted by molar-refractivity contribution is 0.0767. The van der Waals surface area contributed by atoms with E-state index in [0.717, 1.165) is 18.8 Å². The molecule has 122 valence electrons. The number of benzene rings is 1. The topological polar surface area (TPSA) is 73.1 Å². The van der Waals surface area contributed by atoms with Gasteiger partial charge in [-0.25, -0.2) is 9.97 Å². The smallest absolute Gasteiger partial charge is 0.253 e. The van der Waals surface area contributed by atoms with Crippen molar-refractivity contribution in [3.63, 3.8) is 0 Å². The van der Waals surface area contributed by atoms with Crippen molar-refractivity contribution in [2.24, 2.45) is 0 Å². The standard InChI is InChI=1S/C17H16ClN5O/c18-14-4-1-3-13(9-14)17(24)23-6-2-5-22(7-8-23)16-12-20-15(10-19)11-21-16/h1,3-4,9,11-12H,2,5-8H2. The molecule has 1 amide bonds. The van der Waals surface area contributed by atoms with Crippen LogP contribution in [0.2, 0.25) is 5.02 Å². The van der Waals surface area contributed by atoms with Gasteiger partial charge in [0.1, 0.15) is 11.9 Å². The van der Waals surface area contributed by atoms with Crippen LogP contribution in [0.1, 0.15) is 22.5 Å². The molecule has 3 rings (SSSR count). The molecule has 0 N–H and O–H groups in total. The zero-order valence-corrected chi connectivity index (χ0v) is 13.8. The van der Waals surface area contributed by atoms with E-state index in [0.29, 0.717) is 35.9 Å². The molecule has 1 aromatic heterocycles. The largest absolute Gasteiger partial charge is 0.354 e. The molecule has 1 saturated heterocycles. The number of amides is 1. The van der Waals surface area contributed by atoms with Crippen LogP contribution in [0.3, 0.4) is 0 Å². The van der Waals surface area contributed by atoms with Gasteiger partial charge in [-0.3, -0.25) is 4.79 Å². The summed E-state index contributed by atoms with van der Waals surface area (Å²) in [7, 11) is 0. The Bertz CT molecular complexity index is 771. The quantitative estimate of drug-likeness (QED) is 0.838. The summed E-state index contributed by atoms with van der Waals surface area (Å²) >= 11 is 5.97. The van der Waals surface area contributed by atoms with E-state index in [1.54, 1.807) is 30.5 Å². The van der Waals surface area contributed by atoms with Crippen LogP contribution in [-0.2, 0) is 0 Å². The number of halogens is 1. The van der Waals surface area contributed by atoms with E-state index < -0.39 is 0 Å². The Morgan fingerprint density at radius 3 is 2.75 bits per heavy atom. The Kier molecular flexibility index (Phi) is 4.92. The first-order chi connectivity index (χ1) is 11.7. The number of hydrogen-bond acceptors (Lipinski definition) is 5. The van der Waals surface area contributed by atoms with Crippen molar-refractivity contribution in [2.75, 3.05) is 31.1 Å². The zero-order chi connectivity index (χ0) is 16.9. The van der Waals surface area contributed by atoms with E-state index in [1.165, 1.54) is 6.20 Å². The van der Waals surface area contributed by atoms with Gasteiger partial charge in [-0.1, -0.05) is 17.7 Å². The van der Waals surface area contributed by atoms with Crippen LogP contribution >= 0.6 is 11.6 Å². The van der Waals surface area contributed by atoms with Crippen molar-refractivity contribution in [3.8, 4) is 6.07 Å². The molecule has 0 atom stereocenters. The average Bonchev–Trinajstić information content (AvgIpc) is 2.87. The fraction of sp³-hybridized carbons (Fsp3) is 0.294. The number of aromatic nitrogens is 2. The van der Waals surface area contributed by atoms with Gasteiger partial charge in [0, 0.05) is 36.8 Å². The lowest BCUT2D eigenvalue weighted by Gasteiger charge is -2.22. The van der Waals surface area contributed by atoms with E-state index in [-0.39, 0.29) is 5.91 Å². The number of nitriles is 1. The highest BCUT2D eigenvalue weighted by Gasteiger charge is 2.21. The lowest BCUT2D eigenvalue weighted by Crippen LogP contribution is -2.35. The van der Waals surface area contributed by atoms with Crippen LogP contribution < -0.4 is 4.90 Å². The molecule has 2 heterocycles. The number of anilines is 1. The lowest BCUT2D eigenvalue weighted by atomic mass is 10.2. The molecular formula is C17H16ClN5O. The first-order valence-corrected chi connectivity index (χ1v) is 8.07. The third kappa shape index (κ3) is 3.63. The van der Waals surface area contributed by atoms with Crippen LogP contribution in [0.5, 0.6) is 0 Å². The third-order valence-corrected chi connectivity index (χ3v) is 4.17. The Morgan fingerprint density at radius 2 is 2.04 bits per heavy atom. The summed E-state index contributed by atoms with van der Waals surface area (Å²) < 4.78 is 0. The minimum absolute atomic E-state index is 0.00902. The molecule has 0 saturated carbocycles. The van der Waals surface area contributed by atoms with Gasteiger partial charge in [0.25, 0.3) is 5.91 Å². The molecule has 24 heavy (non-hydrogen) atoms. The molecule has 1 aliphatic heterocycles. The van der Waals surface area contributed by atoms with Crippen molar-refractivity contribution in [1.29, 1.82) is 5.26 Å². The predicted molar refractivity (Wildman–Crippen MR) is 90.9 cm³/mol.